The molecule has 1 N–H and O–H groups in total. The summed E-state index contributed by atoms with van der Waals surface area (Å²) in [6.07, 6.45) is 3.34. The van der Waals surface area contributed by atoms with Crippen molar-refractivity contribution in [2.24, 2.45) is 0 Å². The van der Waals surface area contributed by atoms with Gasteiger partial charge in [-0.2, -0.15) is 0 Å². The second-order valence-electron chi connectivity index (χ2n) is 3.45. The lowest BCUT2D eigenvalue weighted by molar-refractivity contribution is 0.275. The van der Waals surface area contributed by atoms with Crippen LogP contribution in [0.5, 0.6) is 0 Å². The highest BCUT2D eigenvalue weighted by Gasteiger charge is 2.20. The van der Waals surface area contributed by atoms with Crippen LogP contribution in [-0.4, -0.2) is 11.7 Å². The van der Waals surface area contributed by atoms with Gasteiger partial charge in [-0.15, -0.1) is 0 Å². The summed E-state index contributed by atoms with van der Waals surface area (Å²) < 4.78 is 0. The molecule has 0 aliphatic heterocycles. The summed E-state index contributed by atoms with van der Waals surface area (Å²) in [5, 5.41) is 8.85. The van der Waals surface area contributed by atoms with E-state index >= 15 is 0 Å². The molecule has 0 heterocycles. The zero-order chi connectivity index (χ0) is 8.39. The van der Waals surface area contributed by atoms with E-state index in [0.29, 0.717) is 12.5 Å². The fourth-order valence-electron chi connectivity index (χ4n) is 2.10. The Labute approximate surface area is 73.0 Å². The van der Waals surface area contributed by atoms with Crippen molar-refractivity contribution in [2.75, 3.05) is 6.61 Å². The summed E-state index contributed by atoms with van der Waals surface area (Å²) in [5.41, 5.74) is 2.95. The molecule has 0 amide bonds. The molecule has 0 saturated carbocycles. The second kappa shape index (κ2) is 3.28. The van der Waals surface area contributed by atoms with Crippen molar-refractivity contribution in [3.05, 3.63) is 35.4 Å². The van der Waals surface area contributed by atoms with Gasteiger partial charge in [0, 0.05) is 6.61 Å². The number of aliphatic hydroxyl groups is 1. The van der Waals surface area contributed by atoms with Gasteiger partial charge in [0.2, 0.25) is 0 Å². The molecular formula is C11H14O. The maximum Gasteiger partial charge on any atom is 0.0436 e. The van der Waals surface area contributed by atoms with Gasteiger partial charge in [0.05, 0.1) is 0 Å². The van der Waals surface area contributed by atoms with Gasteiger partial charge in [-0.25, -0.2) is 0 Å². The van der Waals surface area contributed by atoms with Crippen LogP contribution in [0.15, 0.2) is 24.3 Å². The molecule has 1 atom stereocenters. The van der Waals surface area contributed by atoms with Gasteiger partial charge in [-0.05, 0) is 36.3 Å². The summed E-state index contributed by atoms with van der Waals surface area (Å²) in [6.45, 7) is 0.318. The Morgan fingerprint density at radius 3 is 3.00 bits per heavy atom. The highest BCUT2D eigenvalue weighted by molar-refractivity contribution is 5.34. The van der Waals surface area contributed by atoms with Crippen molar-refractivity contribution < 1.29 is 5.11 Å². The van der Waals surface area contributed by atoms with Crippen molar-refractivity contribution in [1.29, 1.82) is 0 Å². The molecule has 0 aromatic heterocycles. The quantitative estimate of drug-likeness (QED) is 0.706. The zero-order valence-corrected chi connectivity index (χ0v) is 7.16. The van der Waals surface area contributed by atoms with Gasteiger partial charge in [0.15, 0.2) is 0 Å². The van der Waals surface area contributed by atoms with Crippen molar-refractivity contribution in [3.8, 4) is 0 Å². The highest BCUT2D eigenvalue weighted by atomic mass is 16.3. The summed E-state index contributed by atoms with van der Waals surface area (Å²) in [7, 11) is 0. The predicted octanol–water partition coefficient (Wildman–Crippen LogP) is 2.10. The maximum absolute atomic E-state index is 8.85. The monoisotopic (exact) mass is 162 g/mol. The van der Waals surface area contributed by atoms with Crippen LogP contribution in [0.4, 0.5) is 0 Å². The van der Waals surface area contributed by atoms with E-state index in [2.05, 4.69) is 24.3 Å². The topological polar surface area (TPSA) is 20.2 Å². The smallest absolute Gasteiger partial charge is 0.0436 e. The first-order valence-electron chi connectivity index (χ1n) is 4.60. The third kappa shape index (κ3) is 1.25. The van der Waals surface area contributed by atoms with Gasteiger partial charge in [-0.3, -0.25) is 0 Å². The molecule has 0 fully saturated rings. The average Bonchev–Trinajstić information content (AvgIpc) is 2.50. The molecule has 1 unspecified atom stereocenters. The standard InChI is InChI=1S/C11H14O/c12-8-7-10-6-5-9-3-1-2-4-11(9)10/h1-4,10,12H,5-8H2. The van der Waals surface area contributed by atoms with E-state index in [0.717, 1.165) is 6.42 Å². The van der Waals surface area contributed by atoms with E-state index in [9.17, 15) is 0 Å². The second-order valence-corrected chi connectivity index (χ2v) is 3.45. The lowest BCUT2D eigenvalue weighted by Crippen LogP contribution is -1.96. The Morgan fingerprint density at radius 1 is 1.33 bits per heavy atom. The van der Waals surface area contributed by atoms with E-state index in [1.165, 1.54) is 24.0 Å². The van der Waals surface area contributed by atoms with Crippen LogP contribution in [0, 0.1) is 0 Å². The van der Waals surface area contributed by atoms with Crippen LogP contribution in [0.1, 0.15) is 29.9 Å². The van der Waals surface area contributed by atoms with Crippen molar-refractivity contribution in [2.45, 2.75) is 25.2 Å². The van der Waals surface area contributed by atoms with Gasteiger partial charge in [-0.1, -0.05) is 24.3 Å². The summed E-state index contributed by atoms with van der Waals surface area (Å²) in [5.74, 6) is 0.617. The van der Waals surface area contributed by atoms with Crippen LogP contribution in [0.25, 0.3) is 0 Å². The number of benzene rings is 1. The SMILES string of the molecule is OCCC1CCc2ccccc21. The molecule has 0 radical (unpaired) electrons. The van der Waals surface area contributed by atoms with E-state index in [1.807, 2.05) is 0 Å². The van der Waals surface area contributed by atoms with Crippen LogP contribution in [0.3, 0.4) is 0 Å². The van der Waals surface area contributed by atoms with E-state index < -0.39 is 0 Å². The normalized spacial score (nSPS) is 20.9. The fraction of sp³-hybridized carbons (Fsp3) is 0.455. The van der Waals surface area contributed by atoms with Crippen molar-refractivity contribution >= 4 is 0 Å². The molecule has 1 heteroatoms. The van der Waals surface area contributed by atoms with Crippen molar-refractivity contribution in [3.63, 3.8) is 0 Å². The van der Waals surface area contributed by atoms with E-state index in [1.54, 1.807) is 0 Å². The van der Waals surface area contributed by atoms with Crippen LogP contribution < -0.4 is 0 Å². The number of hydrogen-bond donors (Lipinski definition) is 1. The van der Waals surface area contributed by atoms with Gasteiger partial charge in [0.25, 0.3) is 0 Å². The van der Waals surface area contributed by atoms with Gasteiger partial charge < -0.3 is 5.11 Å². The lowest BCUT2D eigenvalue weighted by atomic mass is 9.98. The molecule has 0 bridgehead atoms. The maximum atomic E-state index is 8.85. The molecule has 0 saturated heterocycles. The molecule has 1 aliphatic rings. The lowest BCUT2D eigenvalue weighted by Gasteiger charge is -2.08. The Balaban J connectivity index is 2.24. The predicted molar refractivity (Wildman–Crippen MR) is 49.2 cm³/mol. The molecule has 0 spiro atoms. The Bertz CT molecular complexity index is 265. The third-order valence-electron chi connectivity index (χ3n) is 2.73. The molecule has 1 nitrogen and oxygen atoms in total. The Hall–Kier alpha value is -0.820. The fourth-order valence-corrected chi connectivity index (χ4v) is 2.10. The molecule has 1 aromatic carbocycles. The first kappa shape index (κ1) is 7.81. The Kier molecular flexibility index (Phi) is 2.13. The van der Waals surface area contributed by atoms with Crippen molar-refractivity contribution in [1.82, 2.24) is 0 Å². The summed E-state index contributed by atoms with van der Waals surface area (Å²) in [6, 6.07) is 8.59. The number of hydrogen-bond acceptors (Lipinski definition) is 1. The van der Waals surface area contributed by atoms with Gasteiger partial charge >= 0.3 is 0 Å². The summed E-state index contributed by atoms with van der Waals surface area (Å²) >= 11 is 0. The largest absolute Gasteiger partial charge is 0.396 e. The molecule has 64 valence electrons. The summed E-state index contributed by atoms with van der Waals surface area (Å²) in [4.78, 5) is 0. The molecule has 1 aromatic rings. The van der Waals surface area contributed by atoms with Crippen LogP contribution >= 0.6 is 0 Å². The number of fused-ring (bicyclic) bond motifs is 1. The molecular weight excluding hydrogens is 148 g/mol. The number of rotatable bonds is 2. The molecule has 1 aliphatic carbocycles. The first-order chi connectivity index (χ1) is 5.92. The Morgan fingerprint density at radius 2 is 2.17 bits per heavy atom. The highest BCUT2D eigenvalue weighted by Crippen LogP contribution is 2.34. The minimum absolute atomic E-state index is 0.318. The minimum Gasteiger partial charge on any atom is -0.396 e. The number of aryl methyl sites for hydroxylation is 1. The van der Waals surface area contributed by atoms with Crippen LogP contribution in [0.2, 0.25) is 0 Å². The van der Waals surface area contributed by atoms with Gasteiger partial charge in [0.1, 0.15) is 0 Å². The first-order valence-corrected chi connectivity index (χ1v) is 4.60. The van der Waals surface area contributed by atoms with E-state index in [-0.39, 0.29) is 0 Å². The number of aliphatic hydroxyl groups excluding tert-OH is 1. The zero-order valence-electron chi connectivity index (χ0n) is 7.16. The molecule has 12 heavy (non-hydrogen) atoms. The minimum atomic E-state index is 0.318. The molecule has 2 rings (SSSR count). The van der Waals surface area contributed by atoms with Crippen LogP contribution in [-0.2, 0) is 6.42 Å². The average molecular weight is 162 g/mol. The third-order valence-corrected chi connectivity index (χ3v) is 2.73. The van der Waals surface area contributed by atoms with E-state index in [4.69, 9.17) is 5.11 Å².